The number of rotatable bonds is 10. The first-order chi connectivity index (χ1) is 19.0. The molecule has 2 amide bonds. The number of hydrogen-bond donors (Lipinski definition) is 1. The fourth-order valence-corrected chi connectivity index (χ4v) is 3.54. The molecule has 224 valence electrons. The van der Waals surface area contributed by atoms with Crippen molar-refractivity contribution in [3.05, 3.63) is 58.7 Å². The quantitative estimate of drug-likeness (QED) is 0.198. The van der Waals surface area contributed by atoms with Crippen LogP contribution in [0.15, 0.2) is 42.5 Å². The number of anilines is 2. The van der Waals surface area contributed by atoms with E-state index in [2.05, 4.69) is 24.8 Å². The third-order valence-electron chi connectivity index (χ3n) is 4.46. The molecule has 0 fully saturated rings. The minimum Gasteiger partial charge on any atom is -0.466 e. The maximum atomic E-state index is 14.6. The van der Waals surface area contributed by atoms with E-state index >= 15 is 0 Å². The zero-order valence-electron chi connectivity index (χ0n) is 20.0. The molecule has 0 unspecified atom stereocenters. The summed E-state index contributed by atoms with van der Waals surface area (Å²) in [4.78, 5) is 19.0. The summed E-state index contributed by atoms with van der Waals surface area (Å²) >= 11 is 0.107. The predicted molar refractivity (Wildman–Crippen MR) is 122 cm³/mol. The van der Waals surface area contributed by atoms with Gasteiger partial charge in [0.25, 0.3) is 11.8 Å². The van der Waals surface area contributed by atoms with Crippen molar-refractivity contribution >= 4 is 28.3 Å². The Hall–Kier alpha value is -3.87. The summed E-state index contributed by atoms with van der Waals surface area (Å²) in [6.45, 7) is -5.32. The Morgan fingerprint density at radius 3 is 1.90 bits per heavy atom. The SMILES string of the molecule is O=C(Nc1ccc(C(F)(F)F)s1)N(COCc1ccccc1)c1nc(OCC(F)(F)F)c(F)c(OCC(F)(F)F)n1. The van der Waals surface area contributed by atoms with Gasteiger partial charge in [0.05, 0.1) is 11.6 Å². The van der Waals surface area contributed by atoms with E-state index < -0.39 is 72.9 Å². The van der Waals surface area contributed by atoms with E-state index in [9.17, 15) is 48.7 Å². The summed E-state index contributed by atoms with van der Waals surface area (Å²) in [5.74, 6) is -6.05. The predicted octanol–water partition coefficient (Wildman–Crippen LogP) is 6.79. The lowest BCUT2D eigenvalue weighted by Crippen LogP contribution is -2.38. The number of thiophene rings is 1. The Bertz CT molecular complexity index is 1280. The van der Waals surface area contributed by atoms with Crippen LogP contribution in [0.5, 0.6) is 11.8 Å². The molecule has 1 N–H and O–H groups in total. The lowest BCUT2D eigenvalue weighted by atomic mass is 10.2. The molecule has 8 nitrogen and oxygen atoms in total. The van der Waals surface area contributed by atoms with E-state index in [0.717, 1.165) is 6.07 Å². The largest absolute Gasteiger partial charge is 0.466 e. The van der Waals surface area contributed by atoms with Crippen LogP contribution in [0.2, 0.25) is 0 Å². The van der Waals surface area contributed by atoms with E-state index in [-0.39, 0.29) is 22.9 Å². The minimum atomic E-state index is -5.03. The number of aromatic nitrogens is 2. The lowest BCUT2D eigenvalue weighted by Gasteiger charge is -2.22. The maximum absolute atomic E-state index is 14.6. The summed E-state index contributed by atoms with van der Waals surface area (Å²) in [6.07, 6.45) is -14.8. The zero-order chi connectivity index (χ0) is 30.4. The number of amides is 2. The molecule has 0 atom stereocenters. The number of carbonyl (C=O) groups excluding carboxylic acids is 1. The fourth-order valence-electron chi connectivity index (χ4n) is 2.78. The number of alkyl halides is 9. The third-order valence-corrected chi connectivity index (χ3v) is 5.50. The Morgan fingerprint density at radius 2 is 1.41 bits per heavy atom. The van der Waals surface area contributed by atoms with Gasteiger partial charge in [-0.05, 0) is 17.7 Å². The second kappa shape index (κ2) is 12.8. The molecule has 0 radical (unpaired) electrons. The zero-order valence-corrected chi connectivity index (χ0v) is 20.8. The van der Waals surface area contributed by atoms with Crippen molar-refractivity contribution in [3.63, 3.8) is 0 Å². The molecule has 2 aromatic heterocycles. The van der Waals surface area contributed by atoms with Gasteiger partial charge in [0.15, 0.2) is 13.2 Å². The number of halogens is 10. The molecule has 2 heterocycles. The Labute approximate surface area is 227 Å². The van der Waals surface area contributed by atoms with Crippen molar-refractivity contribution < 1.29 is 62.9 Å². The fraction of sp³-hybridized carbons (Fsp3) is 0.318. The Kier molecular flexibility index (Phi) is 9.85. The van der Waals surface area contributed by atoms with Gasteiger partial charge in [0, 0.05) is 0 Å². The first-order valence-electron chi connectivity index (χ1n) is 10.9. The molecule has 0 saturated heterocycles. The number of hydrogen-bond acceptors (Lipinski definition) is 7. The van der Waals surface area contributed by atoms with E-state index in [1.807, 2.05) is 0 Å². The Morgan fingerprint density at radius 1 is 0.854 bits per heavy atom. The number of nitrogens with one attached hydrogen (secondary N) is 1. The van der Waals surface area contributed by atoms with Gasteiger partial charge in [-0.1, -0.05) is 30.3 Å². The van der Waals surface area contributed by atoms with Gasteiger partial charge >= 0.3 is 24.6 Å². The molecule has 0 aliphatic carbocycles. The number of urea groups is 1. The van der Waals surface area contributed by atoms with Gasteiger partial charge in [-0.2, -0.15) is 53.9 Å². The molecule has 3 aromatic rings. The molecule has 3 rings (SSSR count). The van der Waals surface area contributed by atoms with Crippen LogP contribution in [-0.4, -0.2) is 48.3 Å². The van der Waals surface area contributed by atoms with Gasteiger partial charge in [-0.25, -0.2) is 9.69 Å². The molecule has 19 heteroatoms. The minimum absolute atomic E-state index is 0.107. The Balaban J connectivity index is 1.97. The summed E-state index contributed by atoms with van der Waals surface area (Å²) in [6, 6.07) is 8.35. The standard InChI is InChI=1S/C22H16F10N4O4S/c23-15-16(39-9-20(24,25)26)34-18(35-17(15)40-10-21(27,28)29)36(11-38-8-12-4-2-1-3-5-12)19(37)33-14-7-6-13(41-14)22(30,31)32/h1-7H,8-11H2,(H,33,37). The van der Waals surface area contributed by atoms with Crippen LogP contribution >= 0.6 is 11.3 Å². The van der Waals surface area contributed by atoms with Crippen LogP contribution in [0.3, 0.4) is 0 Å². The van der Waals surface area contributed by atoms with Gasteiger partial charge < -0.3 is 14.2 Å². The van der Waals surface area contributed by atoms with E-state index in [1.54, 1.807) is 30.3 Å². The van der Waals surface area contributed by atoms with Crippen LogP contribution < -0.4 is 19.7 Å². The summed E-state index contributed by atoms with van der Waals surface area (Å²) in [5.41, 5.74) is 0.560. The summed E-state index contributed by atoms with van der Waals surface area (Å²) in [5, 5.41) is 1.70. The second-order valence-corrected chi connectivity index (χ2v) is 8.82. The molecule has 0 aliphatic heterocycles. The molecule has 0 bridgehead atoms. The lowest BCUT2D eigenvalue weighted by molar-refractivity contribution is -0.155. The van der Waals surface area contributed by atoms with Crippen LogP contribution in [0.4, 0.5) is 59.6 Å². The third kappa shape index (κ3) is 9.92. The van der Waals surface area contributed by atoms with Gasteiger partial charge in [0.2, 0.25) is 11.8 Å². The smallest absolute Gasteiger partial charge is 0.425 e. The summed E-state index contributed by atoms with van der Waals surface area (Å²) in [7, 11) is 0. The molecule has 41 heavy (non-hydrogen) atoms. The van der Waals surface area contributed by atoms with Gasteiger partial charge in [-0.3, -0.25) is 5.32 Å². The van der Waals surface area contributed by atoms with E-state index in [4.69, 9.17) is 4.74 Å². The maximum Gasteiger partial charge on any atom is 0.425 e. The molecular formula is C22H16F10N4O4S. The highest BCUT2D eigenvalue weighted by molar-refractivity contribution is 7.16. The van der Waals surface area contributed by atoms with Crippen LogP contribution in [0.1, 0.15) is 10.4 Å². The van der Waals surface area contributed by atoms with Crippen molar-refractivity contribution in [2.45, 2.75) is 25.1 Å². The van der Waals surface area contributed by atoms with Crippen molar-refractivity contribution in [2.75, 3.05) is 30.2 Å². The van der Waals surface area contributed by atoms with E-state index in [1.165, 1.54) is 0 Å². The second-order valence-electron chi connectivity index (χ2n) is 7.74. The molecule has 0 saturated carbocycles. The molecular weight excluding hydrogens is 606 g/mol. The van der Waals surface area contributed by atoms with Gasteiger partial charge in [-0.15, -0.1) is 11.3 Å². The molecule has 0 spiro atoms. The van der Waals surface area contributed by atoms with Crippen molar-refractivity contribution in [3.8, 4) is 11.8 Å². The number of nitrogens with zero attached hydrogens (tertiary/aromatic N) is 3. The normalized spacial score (nSPS) is 12.2. The highest BCUT2D eigenvalue weighted by Gasteiger charge is 2.35. The monoisotopic (exact) mass is 622 g/mol. The van der Waals surface area contributed by atoms with Crippen LogP contribution in [0, 0.1) is 5.82 Å². The summed E-state index contributed by atoms with van der Waals surface area (Å²) < 4.78 is 143. The van der Waals surface area contributed by atoms with E-state index in [0.29, 0.717) is 16.5 Å². The average molecular weight is 622 g/mol. The number of carbonyl (C=O) groups is 1. The van der Waals surface area contributed by atoms with Crippen molar-refractivity contribution in [1.82, 2.24) is 9.97 Å². The number of ether oxygens (including phenoxy) is 3. The van der Waals surface area contributed by atoms with Gasteiger partial charge in [0.1, 0.15) is 11.6 Å². The topological polar surface area (TPSA) is 85.8 Å². The first-order valence-corrected chi connectivity index (χ1v) is 11.7. The van der Waals surface area contributed by atoms with Crippen LogP contribution in [-0.2, 0) is 17.5 Å². The first kappa shape index (κ1) is 31.7. The number of benzene rings is 1. The highest BCUT2D eigenvalue weighted by atomic mass is 32.1. The van der Waals surface area contributed by atoms with Crippen molar-refractivity contribution in [2.24, 2.45) is 0 Å². The highest BCUT2D eigenvalue weighted by Crippen LogP contribution is 2.37. The van der Waals surface area contributed by atoms with Crippen molar-refractivity contribution in [1.29, 1.82) is 0 Å². The average Bonchev–Trinajstić information content (AvgIpc) is 3.34. The van der Waals surface area contributed by atoms with Crippen LogP contribution in [0.25, 0.3) is 0 Å². The molecule has 0 aliphatic rings. The molecule has 1 aromatic carbocycles.